The molecule has 0 bridgehead atoms. The van der Waals surface area contributed by atoms with Gasteiger partial charge in [-0.15, -0.1) is 0 Å². The van der Waals surface area contributed by atoms with Crippen molar-refractivity contribution in [2.75, 3.05) is 11.9 Å². The molecule has 128 valence electrons. The van der Waals surface area contributed by atoms with Crippen LogP contribution >= 0.6 is 0 Å². The van der Waals surface area contributed by atoms with Crippen molar-refractivity contribution in [2.45, 2.75) is 40.4 Å². The minimum atomic E-state index is -0.178. The molecule has 0 unspecified atom stereocenters. The number of anilines is 1. The summed E-state index contributed by atoms with van der Waals surface area (Å²) in [4.78, 5) is 12.2. The number of carbonyl (C=O) groups excluding carboxylic acids is 1. The first-order chi connectivity index (χ1) is 11.5. The van der Waals surface area contributed by atoms with Gasteiger partial charge in [-0.3, -0.25) is 4.79 Å². The third kappa shape index (κ3) is 5.10. The summed E-state index contributed by atoms with van der Waals surface area (Å²) in [6, 6.07) is 13.5. The van der Waals surface area contributed by atoms with Gasteiger partial charge in [-0.1, -0.05) is 30.3 Å². The number of hydrogen-bond acceptors (Lipinski definition) is 3. The Kier molecular flexibility index (Phi) is 6.38. The predicted molar refractivity (Wildman–Crippen MR) is 96.4 cm³/mol. The molecule has 1 N–H and O–H groups in total. The summed E-state index contributed by atoms with van der Waals surface area (Å²) in [5.74, 6) is 0.548. The third-order valence-corrected chi connectivity index (χ3v) is 3.74. The van der Waals surface area contributed by atoms with Gasteiger partial charge >= 0.3 is 0 Å². The van der Waals surface area contributed by atoms with E-state index in [1.807, 2.05) is 70.2 Å². The summed E-state index contributed by atoms with van der Waals surface area (Å²) >= 11 is 0. The Bertz CT molecular complexity index is 695. The molecular weight excluding hydrogens is 302 g/mol. The van der Waals surface area contributed by atoms with E-state index < -0.39 is 0 Å². The van der Waals surface area contributed by atoms with Crippen LogP contribution in [-0.4, -0.2) is 18.6 Å². The lowest BCUT2D eigenvalue weighted by Gasteiger charge is -2.14. The van der Waals surface area contributed by atoms with Crippen molar-refractivity contribution in [3.8, 4) is 5.75 Å². The number of carbonyl (C=O) groups is 1. The van der Waals surface area contributed by atoms with Gasteiger partial charge in [0.05, 0.1) is 12.7 Å². The second kappa shape index (κ2) is 8.50. The monoisotopic (exact) mass is 327 g/mol. The van der Waals surface area contributed by atoms with Gasteiger partial charge < -0.3 is 14.8 Å². The SMILES string of the molecule is Cc1ccccc1OCC(=O)Nc1cccc(COC(C)C)c1C. The van der Waals surface area contributed by atoms with Crippen molar-refractivity contribution in [3.63, 3.8) is 0 Å². The number of aryl methyl sites for hydroxylation is 1. The van der Waals surface area contributed by atoms with E-state index in [1.54, 1.807) is 0 Å². The maximum Gasteiger partial charge on any atom is 0.262 e. The molecule has 0 aromatic heterocycles. The van der Waals surface area contributed by atoms with E-state index in [9.17, 15) is 4.79 Å². The Balaban J connectivity index is 1.96. The van der Waals surface area contributed by atoms with E-state index in [1.165, 1.54) is 0 Å². The van der Waals surface area contributed by atoms with Crippen LogP contribution in [-0.2, 0) is 16.1 Å². The van der Waals surface area contributed by atoms with Gasteiger partial charge in [0.15, 0.2) is 6.61 Å². The standard InChI is InChI=1S/C20H25NO3/c1-14(2)23-12-17-9-7-10-18(16(17)4)21-20(22)13-24-19-11-6-5-8-15(19)3/h5-11,14H,12-13H2,1-4H3,(H,21,22). The molecule has 2 aromatic carbocycles. The van der Waals surface area contributed by atoms with Crippen LogP contribution in [0.4, 0.5) is 5.69 Å². The van der Waals surface area contributed by atoms with E-state index in [4.69, 9.17) is 9.47 Å². The number of amides is 1. The fraction of sp³-hybridized carbons (Fsp3) is 0.350. The molecule has 0 saturated heterocycles. The van der Waals surface area contributed by atoms with Crippen LogP contribution in [0.2, 0.25) is 0 Å². The molecule has 4 nitrogen and oxygen atoms in total. The first-order valence-corrected chi connectivity index (χ1v) is 8.15. The Morgan fingerprint density at radius 2 is 1.83 bits per heavy atom. The van der Waals surface area contributed by atoms with Crippen LogP contribution in [0.1, 0.15) is 30.5 Å². The third-order valence-electron chi connectivity index (χ3n) is 3.74. The average molecular weight is 327 g/mol. The van der Waals surface area contributed by atoms with Crippen molar-refractivity contribution in [1.82, 2.24) is 0 Å². The molecule has 0 atom stereocenters. The molecule has 0 aliphatic heterocycles. The molecule has 1 amide bonds. The lowest BCUT2D eigenvalue weighted by molar-refractivity contribution is -0.118. The van der Waals surface area contributed by atoms with Gasteiger partial charge in [0.25, 0.3) is 5.91 Å². The fourth-order valence-corrected chi connectivity index (χ4v) is 2.28. The molecule has 2 rings (SSSR count). The summed E-state index contributed by atoms with van der Waals surface area (Å²) in [7, 11) is 0. The minimum Gasteiger partial charge on any atom is -0.483 e. The zero-order valence-corrected chi connectivity index (χ0v) is 14.8. The predicted octanol–water partition coefficient (Wildman–Crippen LogP) is 4.25. The minimum absolute atomic E-state index is 0.0169. The van der Waals surface area contributed by atoms with Crippen molar-refractivity contribution in [3.05, 3.63) is 59.2 Å². The highest BCUT2D eigenvalue weighted by molar-refractivity contribution is 5.92. The second-order valence-corrected chi connectivity index (χ2v) is 6.05. The Morgan fingerprint density at radius 1 is 1.08 bits per heavy atom. The lowest BCUT2D eigenvalue weighted by atomic mass is 10.1. The Morgan fingerprint density at radius 3 is 2.54 bits per heavy atom. The zero-order valence-electron chi connectivity index (χ0n) is 14.8. The van der Waals surface area contributed by atoms with E-state index in [2.05, 4.69) is 5.32 Å². The van der Waals surface area contributed by atoms with E-state index in [0.29, 0.717) is 6.61 Å². The van der Waals surface area contributed by atoms with Gasteiger partial charge in [-0.25, -0.2) is 0 Å². The van der Waals surface area contributed by atoms with Crippen molar-refractivity contribution in [2.24, 2.45) is 0 Å². The lowest BCUT2D eigenvalue weighted by Crippen LogP contribution is -2.21. The molecule has 0 aliphatic rings. The normalized spacial score (nSPS) is 10.7. The van der Waals surface area contributed by atoms with Crippen LogP contribution in [0.25, 0.3) is 0 Å². The van der Waals surface area contributed by atoms with Gasteiger partial charge in [0.1, 0.15) is 5.75 Å². The average Bonchev–Trinajstić information content (AvgIpc) is 2.55. The maximum atomic E-state index is 12.2. The van der Waals surface area contributed by atoms with E-state index in [0.717, 1.165) is 28.1 Å². The molecule has 4 heteroatoms. The molecule has 0 saturated carbocycles. The molecule has 0 radical (unpaired) electrons. The topological polar surface area (TPSA) is 47.6 Å². The van der Waals surface area contributed by atoms with Crippen LogP contribution in [0.3, 0.4) is 0 Å². The zero-order chi connectivity index (χ0) is 17.5. The quantitative estimate of drug-likeness (QED) is 0.827. The largest absolute Gasteiger partial charge is 0.483 e. The number of benzene rings is 2. The Labute approximate surface area is 143 Å². The fourth-order valence-electron chi connectivity index (χ4n) is 2.28. The Hall–Kier alpha value is -2.33. The highest BCUT2D eigenvalue weighted by Crippen LogP contribution is 2.20. The molecule has 0 heterocycles. The number of para-hydroxylation sites is 1. The van der Waals surface area contributed by atoms with Crippen LogP contribution in [0.5, 0.6) is 5.75 Å². The number of ether oxygens (including phenoxy) is 2. The second-order valence-electron chi connectivity index (χ2n) is 6.05. The first kappa shape index (κ1) is 18.0. The van der Waals surface area contributed by atoms with Crippen LogP contribution in [0, 0.1) is 13.8 Å². The van der Waals surface area contributed by atoms with Gasteiger partial charge in [0.2, 0.25) is 0 Å². The highest BCUT2D eigenvalue weighted by Gasteiger charge is 2.09. The van der Waals surface area contributed by atoms with Crippen molar-refractivity contribution in [1.29, 1.82) is 0 Å². The number of hydrogen-bond donors (Lipinski definition) is 1. The summed E-state index contributed by atoms with van der Waals surface area (Å²) in [5.41, 5.74) is 3.89. The first-order valence-electron chi connectivity index (χ1n) is 8.15. The molecule has 0 spiro atoms. The van der Waals surface area contributed by atoms with Gasteiger partial charge in [-0.05, 0) is 56.5 Å². The van der Waals surface area contributed by atoms with Crippen molar-refractivity contribution < 1.29 is 14.3 Å². The van der Waals surface area contributed by atoms with E-state index >= 15 is 0 Å². The summed E-state index contributed by atoms with van der Waals surface area (Å²) < 4.78 is 11.2. The van der Waals surface area contributed by atoms with Crippen LogP contribution in [0.15, 0.2) is 42.5 Å². The maximum absolute atomic E-state index is 12.2. The molecule has 24 heavy (non-hydrogen) atoms. The van der Waals surface area contributed by atoms with Gasteiger partial charge in [-0.2, -0.15) is 0 Å². The number of nitrogens with one attached hydrogen (secondary N) is 1. The molecule has 0 aliphatic carbocycles. The molecule has 0 fully saturated rings. The smallest absolute Gasteiger partial charge is 0.262 e. The van der Waals surface area contributed by atoms with Gasteiger partial charge in [0, 0.05) is 5.69 Å². The molecular formula is C20H25NO3. The summed E-state index contributed by atoms with van der Waals surface area (Å²) in [6.45, 7) is 8.46. The summed E-state index contributed by atoms with van der Waals surface area (Å²) in [5, 5.41) is 2.91. The molecule has 2 aromatic rings. The number of rotatable bonds is 7. The summed E-state index contributed by atoms with van der Waals surface area (Å²) in [6.07, 6.45) is 0.171. The van der Waals surface area contributed by atoms with Crippen molar-refractivity contribution >= 4 is 11.6 Å². The van der Waals surface area contributed by atoms with E-state index in [-0.39, 0.29) is 18.6 Å². The van der Waals surface area contributed by atoms with Crippen LogP contribution < -0.4 is 10.1 Å². The highest BCUT2D eigenvalue weighted by atomic mass is 16.5.